The van der Waals surface area contributed by atoms with E-state index < -0.39 is 0 Å². The standard InChI is InChI=1S/C17H25NO2/c1-2-3-4-5-13-19-14-15-20-17-10-8-16(9-11-17)7-6-12-18/h8-11H,2-5,12-15,18H2,1H3. The third kappa shape index (κ3) is 7.83. The van der Waals surface area contributed by atoms with Gasteiger partial charge < -0.3 is 15.2 Å². The highest BCUT2D eigenvalue weighted by atomic mass is 16.5. The van der Waals surface area contributed by atoms with E-state index in [1.807, 2.05) is 24.3 Å². The van der Waals surface area contributed by atoms with Crippen molar-refractivity contribution >= 4 is 0 Å². The van der Waals surface area contributed by atoms with Crippen LogP contribution in [0.25, 0.3) is 0 Å². The third-order valence-electron chi connectivity index (χ3n) is 2.83. The zero-order valence-corrected chi connectivity index (χ0v) is 12.4. The Kier molecular flexibility index (Phi) is 9.38. The second-order valence-corrected chi connectivity index (χ2v) is 4.55. The predicted molar refractivity (Wildman–Crippen MR) is 82.8 cm³/mol. The molecule has 1 aromatic carbocycles. The molecule has 0 atom stereocenters. The Morgan fingerprint density at radius 3 is 2.50 bits per heavy atom. The molecule has 1 rings (SSSR count). The molecule has 0 aliphatic carbocycles. The topological polar surface area (TPSA) is 44.5 Å². The van der Waals surface area contributed by atoms with Gasteiger partial charge in [-0.1, -0.05) is 38.0 Å². The summed E-state index contributed by atoms with van der Waals surface area (Å²) in [7, 11) is 0. The summed E-state index contributed by atoms with van der Waals surface area (Å²) in [4.78, 5) is 0. The fraction of sp³-hybridized carbons (Fsp3) is 0.529. The van der Waals surface area contributed by atoms with Gasteiger partial charge in [-0.25, -0.2) is 0 Å². The van der Waals surface area contributed by atoms with Crippen LogP contribution in [0.2, 0.25) is 0 Å². The van der Waals surface area contributed by atoms with Crippen LogP contribution < -0.4 is 10.5 Å². The molecule has 0 aliphatic rings. The maximum absolute atomic E-state index is 5.60. The molecular formula is C17H25NO2. The SMILES string of the molecule is CCCCCCOCCOc1ccc(C#CCN)cc1. The molecule has 0 saturated carbocycles. The first-order chi connectivity index (χ1) is 9.86. The largest absolute Gasteiger partial charge is 0.491 e. The van der Waals surface area contributed by atoms with Crippen molar-refractivity contribution in [2.24, 2.45) is 5.73 Å². The van der Waals surface area contributed by atoms with Crippen LogP contribution in [0.5, 0.6) is 5.75 Å². The fourth-order valence-corrected chi connectivity index (χ4v) is 1.74. The van der Waals surface area contributed by atoms with Gasteiger partial charge in [0, 0.05) is 12.2 Å². The average molecular weight is 275 g/mol. The summed E-state index contributed by atoms with van der Waals surface area (Å²) in [6.07, 6.45) is 4.94. The second-order valence-electron chi connectivity index (χ2n) is 4.55. The minimum Gasteiger partial charge on any atom is -0.491 e. The minimum atomic E-state index is 0.383. The molecular weight excluding hydrogens is 250 g/mol. The van der Waals surface area contributed by atoms with E-state index in [4.69, 9.17) is 15.2 Å². The Balaban J connectivity index is 2.10. The predicted octanol–water partition coefficient (Wildman–Crippen LogP) is 2.97. The Labute approximate surface area is 122 Å². The van der Waals surface area contributed by atoms with Gasteiger partial charge in [0.2, 0.25) is 0 Å². The molecule has 2 N–H and O–H groups in total. The lowest BCUT2D eigenvalue weighted by atomic mass is 10.2. The number of benzene rings is 1. The molecule has 1 aromatic rings. The van der Waals surface area contributed by atoms with Crippen LogP contribution in [0.3, 0.4) is 0 Å². The Hall–Kier alpha value is -1.50. The highest BCUT2D eigenvalue weighted by Crippen LogP contribution is 2.11. The summed E-state index contributed by atoms with van der Waals surface area (Å²) in [5, 5.41) is 0. The van der Waals surface area contributed by atoms with Gasteiger partial charge in [-0.2, -0.15) is 0 Å². The van der Waals surface area contributed by atoms with Crippen molar-refractivity contribution in [2.75, 3.05) is 26.4 Å². The van der Waals surface area contributed by atoms with Gasteiger partial charge in [-0.05, 0) is 30.7 Å². The summed E-state index contributed by atoms with van der Waals surface area (Å²) in [5.41, 5.74) is 6.28. The van der Waals surface area contributed by atoms with Crippen molar-refractivity contribution in [2.45, 2.75) is 32.6 Å². The summed E-state index contributed by atoms with van der Waals surface area (Å²) < 4.78 is 11.1. The Morgan fingerprint density at radius 1 is 1.00 bits per heavy atom. The molecule has 0 bridgehead atoms. The first kappa shape index (κ1) is 16.6. The number of nitrogens with two attached hydrogens (primary N) is 1. The zero-order valence-electron chi connectivity index (χ0n) is 12.4. The number of ether oxygens (including phenoxy) is 2. The molecule has 0 aliphatic heterocycles. The van der Waals surface area contributed by atoms with E-state index in [2.05, 4.69) is 18.8 Å². The third-order valence-corrected chi connectivity index (χ3v) is 2.83. The summed E-state index contributed by atoms with van der Waals surface area (Å²) in [6, 6.07) is 7.71. The summed E-state index contributed by atoms with van der Waals surface area (Å²) in [5.74, 6) is 6.64. The average Bonchev–Trinajstić information content (AvgIpc) is 2.49. The molecule has 0 amide bonds. The van der Waals surface area contributed by atoms with Crippen molar-refractivity contribution < 1.29 is 9.47 Å². The minimum absolute atomic E-state index is 0.383. The van der Waals surface area contributed by atoms with Gasteiger partial charge >= 0.3 is 0 Å². The monoisotopic (exact) mass is 275 g/mol. The van der Waals surface area contributed by atoms with Crippen LogP contribution in [0, 0.1) is 11.8 Å². The van der Waals surface area contributed by atoms with Crippen molar-refractivity contribution in [3.8, 4) is 17.6 Å². The molecule has 3 heteroatoms. The summed E-state index contributed by atoms with van der Waals surface area (Å²) in [6.45, 7) is 4.65. The van der Waals surface area contributed by atoms with Crippen molar-refractivity contribution in [1.82, 2.24) is 0 Å². The van der Waals surface area contributed by atoms with Gasteiger partial charge in [-0.15, -0.1) is 0 Å². The van der Waals surface area contributed by atoms with Crippen LogP contribution in [0.4, 0.5) is 0 Å². The molecule has 0 fully saturated rings. The van der Waals surface area contributed by atoms with Crippen molar-refractivity contribution in [3.63, 3.8) is 0 Å². The normalized spacial score (nSPS) is 9.90. The number of rotatable bonds is 9. The van der Waals surface area contributed by atoms with Gasteiger partial charge in [0.15, 0.2) is 0 Å². The number of hydrogen-bond donors (Lipinski definition) is 1. The number of unbranched alkanes of at least 4 members (excludes halogenated alkanes) is 3. The highest BCUT2D eigenvalue weighted by Gasteiger charge is 1.94. The van der Waals surface area contributed by atoms with Gasteiger partial charge in [0.05, 0.1) is 13.2 Å². The van der Waals surface area contributed by atoms with Crippen molar-refractivity contribution in [3.05, 3.63) is 29.8 Å². The fourth-order valence-electron chi connectivity index (χ4n) is 1.74. The van der Waals surface area contributed by atoms with Crippen LogP contribution >= 0.6 is 0 Å². The maximum Gasteiger partial charge on any atom is 0.119 e. The molecule has 0 heterocycles. The Morgan fingerprint density at radius 2 is 1.80 bits per heavy atom. The van der Waals surface area contributed by atoms with Crippen LogP contribution in [0.1, 0.15) is 38.2 Å². The lowest BCUT2D eigenvalue weighted by Gasteiger charge is -2.07. The van der Waals surface area contributed by atoms with E-state index >= 15 is 0 Å². The molecule has 0 spiro atoms. The molecule has 0 radical (unpaired) electrons. The molecule has 110 valence electrons. The Bertz CT molecular complexity index is 403. The van der Waals surface area contributed by atoms with E-state index in [-0.39, 0.29) is 0 Å². The second kappa shape index (κ2) is 11.3. The quantitative estimate of drug-likeness (QED) is 0.556. The maximum atomic E-state index is 5.60. The van der Waals surface area contributed by atoms with E-state index in [9.17, 15) is 0 Å². The zero-order chi connectivity index (χ0) is 14.5. The first-order valence-corrected chi connectivity index (χ1v) is 7.36. The lowest BCUT2D eigenvalue weighted by molar-refractivity contribution is 0.0971. The van der Waals surface area contributed by atoms with Crippen LogP contribution in [0.15, 0.2) is 24.3 Å². The van der Waals surface area contributed by atoms with Crippen LogP contribution in [-0.4, -0.2) is 26.4 Å². The molecule has 0 saturated heterocycles. The molecule has 0 aromatic heterocycles. The van der Waals surface area contributed by atoms with Gasteiger partial charge in [0.1, 0.15) is 12.4 Å². The van der Waals surface area contributed by atoms with E-state index in [1.165, 1.54) is 19.3 Å². The van der Waals surface area contributed by atoms with Crippen LogP contribution in [-0.2, 0) is 4.74 Å². The van der Waals surface area contributed by atoms with E-state index in [1.54, 1.807) is 0 Å². The molecule has 0 unspecified atom stereocenters. The number of hydrogen-bond acceptors (Lipinski definition) is 3. The van der Waals surface area contributed by atoms with E-state index in [0.29, 0.717) is 19.8 Å². The first-order valence-electron chi connectivity index (χ1n) is 7.36. The lowest BCUT2D eigenvalue weighted by Crippen LogP contribution is -2.07. The smallest absolute Gasteiger partial charge is 0.119 e. The molecule has 20 heavy (non-hydrogen) atoms. The summed E-state index contributed by atoms with van der Waals surface area (Å²) >= 11 is 0. The highest BCUT2D eigenvalue weighted by molar-refractivity contribution is 5.38. The van der Waals surface area contributed by atoms with Gasteiger partial charge in [0.25, 0.3) is 0 Å². The molecule has 3 nitrogen and oxygen atoms in total. The van der Waals surface area contributed by atoms with Crippen molar-refractivity contribution in [1.29, 1.82) is 0 Å². The van der Waals surface area contributed by atoms with Gasteiger partial charge in [-0.3, -0.25) is 0 Å². The van der Waals surface area contributed by atoms with E-state index in [0.717, 1.165) is 24.3 Å².